The molecule has 0 bridgehead atoms. The SMILES string of the molecule is C[N+]1=C=[N+](C[N+]2=C=[N+](C)c3ccccc32)c2ccccc21. The van der Waals surface area contributed by atoms with E-state index in [1.807, 2.05) is 23.2 Å². The maximum absolute atomic E-state index is 3.36. The molecule has 0 atom stereocenters. The van der Waals surface area contributed by atoms with Gasteiger partial charge in [0.2, 0.25) is 0 Å². The Kier molecular flexibility index (Phi) is 2.48. The third kappa shape index (κ3) is 1.78. The highest BCUT2D eigenvalue weighted by molar-refractivity contribution is 5.60. The zero-order valence-corrected chi connectivity index (χ0v) is 12.1. The molecule has 2 aromatic rings. The Morgan fingerprint density at radius 1 is 0.667 bits per heavy atom. The summed E-state index contributed by atoms with van der Waals surface area (Å²) in [5.74, 6) is 0. The van der Waals surface area contributed by atoms with Crippen molar-refractivity contribution in [3.05, 3.63) is 48.5 Å². The van der Waals surface area contributed by atoms with Crippen molar-refractivity contribution in [2.45, 2.75) is 0 Å². The second-order valence-corrected chi connectivity index (χ2v) is 5.29. The predicted octanol–water partition coefficient (Wildman–Crippen LogP) is 2.55. The number of fused-ring (bicyclic) bond motifs is 2. The Bertz CT molecular complexity index is 832. The van der Waals surface area contributed by atoms with Gasteiger partial charge in [-0.05, 0) is 9.15 Å². The molecular weight excluding hydrogens is 260 g/mol. The molecule has 4 heteroatoms. The van der Waals surface area contributed by atoms with Crippen molar-refractivity contribution in [2.24, 2.45) is 0 Å². The smallest absolute Gasteiger partial charge is 0.0896 e. The fourth-order valence-electron chi connectivity index (χ4n) is 2.89. The number of para-hydroxylation sites is 4. The Morgan fingerprint density at radius 2 is 1.05 bits per heavy atom. The lowest BCUT2D eigenvalue weighted by molar-refractivity contribution is -0.650. The van der Waals surface area contributed by atoms with Crippen molar-refractivity contribution in [1.82, 2.24) is 0 Å². The summed E-state index contributed by atoms with van der Waals surface area (Å²) in [4.78, 5) is 0. The zero-order chi connectivity index (χ0) is 14.4. The third-order valence-corrected chi connectivity index (χ3v) is 3.89. The molecule has 2 aliphatic rings. The van der Waals surface area contributed by atoms with Crippen molar-refractivity contribution < 1.29 is 18.3 Å². The van der Waals surface area contributed by atoms with Crippen molar-refractivity contribution in [1.29, 1.82) is 0 Å². The van der Waals surface area contributed by atoms with E-state index in [0.717, 1.165) is 0 Å². The van der Waals surface area contributed by atoms with E-state index in [0.29, 0.717) is 6.67 Å². The summed E-state index contributed by atoms with van der Waals surface area (Å²) in [5.41, 5.74) is 4.71. The van der Waals surface area contributed by atoms with Gasteiger partial charge in [-0.15, -0.1) is 0 Å². The second kappa shape index (κ2) is 4.35. The van der Waals surface area contributed by atoms with E-state index in [-0.39, 0.29) is 0 Å². The number of hydrogen-bond acceptors (Lipinski definition) is 0. The highest BCUT2D eigenvalue weighted by Crippen LogP contribution is 2.31. The van der Waals surface area contributed by atoms with Crippen LogP contribution in [0.5, 0.6) is 0 Å². The minimum Gasteiger partial charge on any atom is -0.0896 e. The molecule has 21 heavy (non-hydrogen) atoms. The van der Waals surface area contributed by atoms with Crippen LogP contribution >= 0.6 is 0 Å². The molecule has 0 amide bonds. The first kappa shape index (κ1) is 12.0. The summed E-state index contributed by atoms with van der Waals surface area (Å²) in [5, 5.41) is 0. The van der Waals surface area contributed by atoms with Crippen LogP contribution in [0.15, 0.2) is 48.5 Å². The van der Waals surface area contributed by atoms with Gasteiger partial charge in [0.25, 0.3) is 22.7 Å². The molecule has 2 aromatic carbocycles. The minimum absolute atomic E-state index is 0.697. The molecule has 0 N–H and O–H groups in total. The summed E-state index contributed by atoms with van der Waals surface area (Å²) in [6, 6.07) is 23.4. The fraction of sp³-hybridized carbons (Fsp3) is 0.176. The molecule has 0 fully saturated rings. The van der Waals surface area contributed by atoms with Gasteiger partial charge in [-0.25, -0.2) is 0 Å². The topological polar surface area (TPSA) is 12.0 Å². The first-order valence-corrected chi connectivity index (χ1v) is 6.97. The maximum Gasteiger partial charge on any atom is 0.495 e. The monoisotopic (exact) mass is 276 g/mol. The summed E-state index contributed by atoms with van der Waals surface area (Å²) in [6.45, 7) is 0.697. The normalized spacial score (nSPS) is 15.0. The van der Waals surface area contributed by atoms with Crippen LogP contribution in [-0.4, -0.2) is 51.1 Å². The van der Waals surface area contributed by atoms with E-state index in [2.05, 4.69) is 69.7 Å². The van der Waals surface area contributed by atoms with Gasteiger partial charge in [0.05, 0.1) is 0 Å². The molecule has 2 heterocycles. The first-order valence-electron chi connectivity index (χ1n) is 6.97. The Labute approximate surface area is 123 Å². The molecular formula is C17H16N4+4. The number of rotatable bonds is 2. The molecule has 0 radical (unpaired) electrons. The minimum atomic E-state index is 0.697. The molecule has 0 aliphatic carbocycles. The molecule has 0 unspecified atom stereocenters. The van der Waals surface area contributed by atoms with Crippen LogP contribution in [0.4, 0.5) is 22.7 Å². The van der Waals surface area contributed by atoms with Crippen LogP contribution in [0.25, 0.3) is 0 Å². The van der Waals surface area contributed by atoms with Gasteiger partial charge >= 0.3 is 18.7 Å². The molecule has 4 rings (SSSR count). The van der Waals surface area contributed by atoms with E-state index in [4.69, 9.17) is 0 Å². The average Bonchev–Trinajstić information content (AvgIpc) is 3.00. The van der Waals surface area contributed by atoms with Crippen molar-refractivity contribution in [2.75, 3.05) is 20.8 Å². The zero-order valence-electron chi connectivity index (χ0n) is 12.1. The molecule has 0 saturated heterocycles. The molecule has 0 aromatic heterocycles. The lowest BCUT2D eigenvalue weighted by Crippen LogP contribution is -2.15. The van der Waals surface area contributed by atoms with Crippen LogP contribution < -0.4 is 0 Å². The standard InChI is InChI=1S/C17H16N4/c1-18-11-20(16-9-5-3-7-14(16)18)13-21-12-19(2)15-8-4-6-10-17(15)21/h3-10H,13H2,1-2H3/q+4. The molecule has 0 saturated carbocycles. The van der Waals surface area contributed by atoms with E-state index in [1.165, 1.54) is 22.7 Å². The molecule has 0 spiro atoms. The van der Waals surface area contributed by atoms with Gasteiger partial charge in [-0.1, -0.05) is 33.4 Å². The van der Waals surface area contributed by atoms with Gasteiger partial charge in [0.15, 0.2) is 14.1 Å². The van der Waals surface area contributed by atoms with E-state index in [9.17, 15) is 0 Å². The van der Waals surface area contributed by atoms with Crippen LogP contribution in [0.1, 0.15) is 0 Å². The third-order valence-electron chi connectivity index (χ3n) is 3.89. The highest BCUT2D eigenvalue weighted by Gasteiger charge is 2.38. The number of nitrogens with zero attached hydrogens (tertiary/aromatic N) is 4. The Hall–Kier alpha value is -2.80. The number of benzene rings is 2. The lowest BCUT2D eigenvalue weighted by atomic mass is 10.2. The molecule has 4 nitrogen and oxygen atoms in total. The first-order chi connectivity index (χ1) is 10.2. The van der Waals surface area contributed by atoms with E-state index < -0.39 is 0 Å². The van der Waals surface area contributed by atoms with Crippen molar-refractivity contribution >= 4 is 34.8 Å². The van der Waals surface area contributed by atoms with Gasteiger partial charge in [-0.3, -0.25) is 0 Å². The quantitative estimate of drug-likeness (QED) is 0.747. The van der Waals surface area contributed by atoms with E-state index >= 15 is 0 Å². The number of hydrogen-bond donors (Lipinski definition) is 0. The highest BCUT2D eigenvalue weighted by atomic mass is 15.3. The van der Waals surface area contributed by atoms with Crippen molar-refractivity contribution in [3.8, 4) is 0 Å². The van der Waals surface area contributed by atoms with Gasteiger partial charge in [0, 0.05) is 24.3 Å². The van der Waals surface area contributed by atoms with Crippen LogP contribution in [0.3, 0.4) is 0 Å². The summed E-state index contributed by atoms with van der Waals surface area (Å²) in [7, 11) is 4.05. The van der Waals surface area contributed by atoms with Crippen LogP contribution in [0, 0.1) is 0 Å². The summed E-state index contributed by atoms with van der Waals surface area (Å²) < 4.78 is 8.30. The maximum atomic E-state index is 3.36. The average molecular weight is 276 g/mol. The van der Waals surface area contributed by atoms with Crippen LogP contribution in [0.2, 0.25) is 0 Å². The van der Waals surface area contributed by atoms with Gasteiger partial charge in [0.1, 0.15) is 0 Å². The second-order valence-electron chi connectivity index (χ2n) is 5.29. The van der Waals surface area contributed by atoms with Gasteiger partial charge in [-0.2, -0.15) is 0 Å². The van der Waals surface area contributed by atoms with E-state index in [1.54, 1.807) is 0 Å². The summed E-state index contributed by atoms with van der Waals surface area (Å²) in [6.07, 6.45) is 0. The predicted molar refractivity (Wildman–Crippen MR) is 79.3 cm³/mol. The lowest BCUT2D eigenvalue weighted by Gasteiger charge is -1.92. The Morgan fingerprint density at radius 3 is 1.48 bits per heavy atom. The molecule has 2 aliphatic heterocycles. The van der Waals surface area contributed by atoms with Crippen LogP contribution in [-0.2, 0) is 0 Å². The Balaban J connectivity index is 1.77. The fourth-order valence-corrected chi connectivity index (χ4v) is 2.89. The van der Waals surface area contributed by atoms with Crippen molar-refractivity contribution in [3.63, 3.8) is 0 Å². The molecule has 100 valence electrons. The summed E-state index contributed by atoms with van der Waals surface area (Å²) >= 11 is 0. The largest absolute Gasteiger partial charge is 0.495 e. The van der Waals surface area contributed by atoms with Gasteiger partial charge < -0.3 is 0 Å².